The third-order valence-corrected chi connectivity index (χ3v) is 5.80. The number of methoxy groups -OCH3 is 1. The molecule has 1 heterocycles. The van der Waals surface area contributed by atoms with Crippen LogP contribution in [0.25, 0.3) is 0 Å². The third-order valence-electron chi connectivity index (χ3n) is 5.80. The fraction of sp³-hybridized carbons (Fsp3) is 0.400. The van der Waals surface area contributed by atoms with Gasteiger partial charge >= 0.3 is 5.97 Å². The number of amides is 2. The Labute approximate surface area is 171 Å². The minimum absolute atomic E-state index is 0.0502. The first-order valence-electron chi connectivity index (χ1n) is 9.45. The Kier molecular flexibility index (Phi) is 4.84. The van der Waals surface area contributed by atoms with Gasteiger partial charge in [-0.15, -0.1) is 0 Å². The molecule has 10 nitrogen and oxygen atoms in total. The van der Waals surface area contributed by atoms with Crippen LogP contribution in [0.15, 0.2) is 35.5 Å². The molecule has 156 valence electrons. The first-order chi connectivity index (χ1) is 14.3. The van der Waals surface area contributed by atoms with Crippen LogP contribution in [0.4, 0.5) is 5.69 Å². The lowest BCUT2D eigenvalue weighted by atomic mass is 9.85. The molecule has 3 aliphatic rings. The van der Waals surface area contributed by atoms with Gasteiger partial charge in [0.1, 0.15) is 5.75 Å². The van der Waals surface area contributed by atoms with Gasteiger partial charge in [0.05, 0.1) is 30.1 Å². The van der Waals surface area contributed by atoms with Crippen LogP contribution in [-0.2, 0) is 19.1 Å². The summed E-state index contributed by atoms with van der Waals surface area (Å²) in [4.78, 5) is 47.7. The average Bonchev–Trinajstić information content (AvgIpc) is 3.41. The zero-order valence-corrected chi connectivity index (χ0v) is 16.3. The van der Waals surface area contributed by atoms with E-state index < -0.39 is 28.8 Å². The quantitative estimate of drug-likeness (QED) is 0.173. The van der Waals surface area contributed by atoms with Gasteiger partial charge in [-0.3, -0.25) is 19.7 Å². The number of hydrogen-bond donors (Lipinski definition) is 0. The van der Waals surface area contributed by atoms with Crippen molar-refractivity contribution in [1.82, 2.24) is 5.01 Å². The van der Waals surface area contributed by atoms with Crippen LogP contribution < -0.4 is 4.74 Å². The Balaban J connectivity index is 1.61. The molecular weight excluding hydrogens is 394 g/mol. The highest BCUT2D eigenvalue weighted by Gasteiger charge is 2.59. The van der Waals surface area contributed by atoms with E-state index >= 15 is 0 Å². The lowest BCUT2D eigenvalue weighted by Gasteiger charge is -2.15. The lowest BCUT2D eigenvalue weighted by molar-refractivity contribution is -0.384. The first-order valence-corrected chi connectivity index (χ1v) is 9.45. The highest BCUT2D eigenvalue weighted by atomic mass is 16.6. The number of carbonyl (C=O) groups excluding carboxylic acids is 3. The molecule has 1 aliphatic heterocycles. The van der Waals surface area contributed by atoms with E-state index in [4.69, 9.17) is 4.74 Å². The van der Waals surface area contributed by atoms with Gasteiger partial charge in [-0.2, -0.15) is 10.1 Å². The summed E-state index contributed by atoms with van der Waals surface area (Å²) < 4.78 is 10.1. The van der Waals surface area contributed by atoms with Crippen LogP contribution in [-0.4, -0.2) is 47.1 Å². The number of hydrogen-bond acceptors (Lipinski definition) is 8. The smallest absolute Gasteiger partial charge is 0.346 e. The molecule has 0 N–H and O–H groups in total. The van der Waals surface area contributed by atoms with E-state index in [-0.39, 0.29) is 40.7 Å². The van der Waals surface area contributed by atoms with E-state index in [9.17, 15) is 24.5 Å². The van der Waals surface area contributed by atoms with Crippen LogP contribution in [0.1, 0.15) is 18.9 Å². The summed E-state index contributed by atoms with van der Waals surface area (Å²) in [5, 5.41) is 16.0. The predicted octanol–water partition coefficient (Wildman–Crippen LogP) is 1.68. The minimum atomic E-state index is -0.972. The molecule has 2 bridgehead atoms. The van der Waals surface area contributed by atoms with E-state index in [1.54, 1.807) is 0 Å². The maximum atomic E-state index is 12.7. The van der Waals surface area contributed by atoms with Crippen molar-refractivity contribution in [2.24, 2.45) is 28.8 Å². The Bertz CT molecular complexity index is 972. The zero-order valence-electron chi connectivity index (χ0n) is 16.3. The molecule has 0 unspecified atom stereocenters. The maximum Gasteiger partial charge on any atom is 0.346 e. The topological polar surface area (TPSA) is 128 Å². The van der Waals surface area contributed by atoms with Crippen LogP contribution in [0.2, 0.25) is 0 Å². The van der Waals surface area contributed by atoms with E-state index in [1.165, 1.54) is 38.4 Å². The summed E-state index contributed by atoms with van der Waals surface area (Å²) in [6.45, 7) is 1.46. The Hall–Kier alpha value is -3.56. The highest BCUT2D eigenvalue weighted by Crippen LogP contribution is 2.52. The molecule has 2 aliphatic carbocycles. The number of hydrazone groups is 1. The summed E-state index contributed by atoms with van der Waals surface area (Å²) in [6.07, 6.45) is 4.95. The van der Waals surface area contributed by atoms with Gasteiger partial charge in [-0.05, 0) is 31.2 Å². The summed E-state index contributed by atoms with van der Waals surface area (Å²) >= 11 is 0. The van der Waals surface area contributed by atoms with Crippen LogP contribution >= 0.6 is 0 Å². The summed E-state index contributed by atoms with van der Waals surface area (Å²) in [7, 11) is 1.21. The van der Waals surface area contributed by atoms with Crippen molar-refractivity contribution >= 4 is 29.7 Å². The number of fused-ring (bicyclic) bond motifs is 5. The molecule has 2 amide bonds. The number of benzene rings is 1. The Morgan fingerprint density at radius 1 is 1.27 bits per heavy atom. The highest BCUT2D eigenvalue weighted by molar-refractivity contribution is 6.07. The van der Waals surface area contributed by atoms with Crippen molar-refractivity contribution < 1.29 is 28.8 Å². The molecule has 1 saturated carbocycles. The summed E-state index contributed by atoms with van der Waals surface area (Å²) in [6, 6.07) is 3.74. The second-order valence-corrected chi connectivity index (χ2v) is 7.50. The zero-order chi connectivity index (χ0) is 21.6. The molecule has 1 aromatic rings. The van der Waals surface area contributed by atoms with E-state index in [2.05, 4.69) is 9.84 Å². The molecule has 0 spiro atoms. The molecular formula is C20H19N3O7. The van der Waals surface area contributed by atoms with Gasteiger partial charge in [0.15, 0.2) is 6.10 Å². The number of allylic oxidation sites excluding steroid dienone is 2. The van der Waals surface area contributed by atoms with Crippen molar-refractivity contribution in [3.8, 4) is 5.75 Å². The number of nitro groups is 1. The summed E-state index contributed by atoms with van der Waals surface area (Å²) in [5.41, 5.74) is -0.0774. The van der Waals surface area contributed by atoms with Crippen LogP contribution in [0.5, 0.6) is 5.75 Å². The van der Waals surface area contributed by atoms with Gasteiger partial charge in [0.25, 0.3) is 17.5 Å². The Morgan fingerprint density at radius 3 is 2.47 bits per heavy atom. The number of nitrogens with zero attached hydrogens (tertiary/aromatic N) is 3. The fourth-order valence-electron chi connectivity index (χ4n) is 4.38. The van der Waals surface area contributed by atoms with Gasteiger partial charge in [0.2, 0.25) is 0 Å². The molecule has 10 heteroatoms. The summed E-state index contributed by atoms with van der Waals surface area (Å²) in [5.74, 6) is -1.93. The average molecular weight is 413 g/mol. The SMILES string of the molecule is COC(=O)[C@H](C)Oc1ccc([N+](=O)[O-])cc1C=NN1C(=O)[C@@H]2[C@H](C1=O)[C@H]1C=C[C@H]2C1. The number of imide groups is 1. The number of ether oxygens (including phenoxy) is 2. The molecule has 1 saturated heterocycles. The fourth-order valence-corrected chi connectivity index (χ4v) is 4.38. The standard InChI is InChI=1S/C20H19N3O7/c1-10(20(26)29-2)30-15-6-5-14(23(27)28)8-13(15)9-21-22-18(24)16-11-3-4-12(7-11)17(16)19(22)25/h3-6,8-12,16-17H,7H2,1-2H3/t10-,11-,12-,16-,17+/m0/s1. The molecule has 4 rings (SSSR count). The third kappa shape index (κ3) is 3.14. The van der Waals surface area contributed by atoms with E-state index in [0.717, 1.165) is 11.4 Å². The first kappa shape index (κ1) is 19.7. The van der Waals surface area contributed by atoms with E-state index in [0.29, 0.717) is 0 Å². The minimum Gasteiger partial charge on any atom is -0.478 e. The van der Waals surface area contributed by atoms with Gasteiger partial charge in [-0.25, -0.2) is 4.79 Å². The molecule has 30 heavy (non-hydrogen) atoms. The van der Waals surface area contributed by atoms with Crippen molar-refractivity contribution in [3.05, 3.63) is 46.0 Å². The van der Waals surface area contributed by atoms with Crippen molar-refractivity contribution in [2.45, 2.75) is 19.4 Å². The lowest BCUT2D eigenvalue weighted by Crippen LogP contribution is -2.28. The predicted molar refractivity (Wildman–Crippen MR) is 102 cm³/mol. The van der Waals surface area contributed by atoms with Gasteiger partial charge in [0, 0.05) is 17.7 Å². The largest absolute Gasteiger partial charge is 0.478 e. The maximum absolute atomic E-state index is 12.7. The molecule has 0 radical (unpaired) electrons. The molecule has 2 fully saturated rings. The van der Waals surface area contributed by atoms with Crippen LogP contribution in [0.3, 0.4) is 0 Å². The normalized spacial score (nSPS) is 27.6. The number of non-ortho nitro benzene ring substituents is 1. The van der Waals surface area contributed by atoms with Crippen molar-refractivity contribution in [1.29, 1.82) is 0 Å². The second-order valence-electron chi connectivity index (χ2n) is 7.50. The molecule has 0 aromatic heterocycles. The van der Waals surface area contributed by atoms with Gasteiger partial charge < -0.3 is 9.47 Å². The van der Waals surface area contributed by atoms with Crippen molar-refractivity contribution in [2.75, 3.05) is 7.11 Å². The van der Waals surface area contributed by atoms with Crippen LogP contribution in [0, 0.1) is 33.8 Å². The number of esters is 1. The monoisotopic (exact) mass is 413 g/mol. The van der Waals surface area contributed by atoms with Crippen molar-refractivity contribution in [3.63, 3.8) is 0 Å². The van der Waals surface area contributed by atoms with Gasteiger partial charge in [-0.1, -0.05) is 12.2 Å². The Morgan fingerprint density at radius 2 is 1.90 bits per heavy atom. The molecule has 1 aromatic carbocycles. The molecule has 5 atom stereocenters. The number of carbonyl (C=O) groups is 3. The second kappa shape index (κ2) is 7.36. The number of rotatable bonds is 6. The number of nitro benzene ring substituents is 1. The van der Waals surface area contributed by atoms with E-state index in [1.807, 2.05) is 12.2 Å².